The summed E-state index contributed by atoms with van der Waals surface area (Å²) in [4.78, 5) is 8.94. The quantitative estimate of drug-likeness (QED) is 0.496. The number of aryl methyl sites for hydroxylation is 1. The minimum absolute atomic E-state index is 0.333. The Balaban J connectivity index is 1.48. The second kappa shape index (κ2) is 9.45. The van der Waals surface area contributed by atoms with Gasteiger partial charge in [0, 0.05) is 36.6 Å². The fourth-order valence-electron chi connectivity index (χ4n) is 3.92. The summed E-state index contributed by atoms with van der Waals surface area (Å²) in [6.07, 6.45) is 7.78. The van der Waals surface area contributed by atoms with Crippen LogP contribution >= 0.6 is 11.6 Å². The van der Waals surface area contributed by atoms with E-state index in [2.05, 4.69) is 51.8 Å². The summed E-state index contributed by atoms with van der Waals surface area (Å²) in [5.41, 5.74) is 10.5. The third kappa shape index (κ3) is 5.29. The van der Waals surface area contributed by atoms with Gasteiger partial charge in [0.1, 0.15) is 11.6 Å². The Bertz CT molecular complexity index is 998. The van der Waals surface area contributed by atoms with E-state index >= 15 is 0 Å². The van der Waals surface area contributed by atoms with Gasteiger partial charge in [-0.3, -0.25) is 0 Å². The molecule has 1 aliphatic carbocycles. The van der Waals surface area contributed by atoms with Crippen LogP contribution < -0.4 is 16.4 Å². The average molecular weight is 422 g/mol. The second-order valence-corrected chi connectivity index (χ2v) is 8.48. The van der Waals surface area contributed by atoms with Gasteiger partial charge in [-0.15, -0.1) is 0 Å². The van der Waals surface area contributed by atoms with Crippen LogP contribution in [-0.4, -0.2) is 22.1 Å². The molecule has 3 aromatic rings. The Morgan fingerprint density at radius 3 is 2.67 bits per heavy atom. The Hall–Kier alpha value is -2.63. The minimum Gasteiger partial charge on any atom is -0.367 e. The van der Waals surface area contributed by atoms with Gasteiger partial charge in [0.15, 0.2) is 0 Å². The molecule has 0 unspecified atom stereocenters. The van der Waals surface area contributed by atoms with Crippen molar-refractivity contribution in [2.75, 3.05) is 10.6 Å². The molecule has 1 aromatic carbocycles. The van der Waals surface area contributed by atoms with Gasteiger partial charge in [0.2, 0.25) is 0 Å². The van der Waals surface area contributed by atoms with Crippen LogP contribution in [0.1, 0.15) is 36.8 Å². The van der Waals surface area contributed by atoms with Crippen molar-refractivity contribution in [1.29, 1.82) is 0 Å². The lowest BCUT2D eigenvalue weighted by molar-refractivity contribution is 0.410. The van der Waals surface area contributed by atoms with Crippen LogP contribution in [0.3, 0.4) is 0 Å². The van der Waals surface area contributed by atoms with Gasteiger partial charge in [-0.25, -0.2) is 9.97 Å². The summed E-state index contributed by atoms with van der Waals surface area (Å²) in [6, 6.07) is 15.2. The molecule has 30 heavy (non-hydrogen) atoms. The van der Waals surface area contributed by atoms with Crippen LogP contribution in [0.5, 0.6) is 0 Å². The van der Waals surface area contributed by atoms with Crippen molar-refractivity contribution in [3.8, 4) is 11.1 Å². The molecule has 1 aliphatic rings. The van der Waals surface area contributed by atoms with E-state index in [9.17, 15) is 0 Å². The molecule has 6 heteroatoms. The van der Waals surface area contributed by atoms with Crippen molar-refractivity contribution < 1.29 is 0 Å². The Morgan fingerprint density at radius 1 is 1.03 bits per heavy atom. The van der Waals surface area contributed by atoms with Crippen molar-refractivity contribution in [2.24, 2.45) is 5.73 Å². The monoisotopic (exact) mass is 421 g/mol. The van der Waals surface area contributed by atoms with Gasteiger partial charge in [-0.05, 0) is 61.9 Å². The van der Waals surface area contributed by atoms with Crippen LogP contribution in [0.25, 0.3) is 11.1 Å². The molecule has 0 radical (unpaired) electrons. The third-order valence-corrected chi connectivity index (χ3v) is 5.91. The van der Waals surface area contributed by atoms with Crippen LogP contribution in [0.2, 0.25) is 5.02 Å². The van der Waals surface area contributed by atoms with Gasteiger partial charge >= 0.3 is 0 Å². The summed E-state index contributed by atoms with van der Waals surface area (Å²) >= 11 is 6.49. The van der Waals surface area contributed by atoms with Crippen LogP contribution in [0.15, 0.2) is 54.9 Å². The maximum atomic E-state index is 6.49. The average Bonchev–Trinajstić information content (AvgIpc) is 2.75. The number of halogens is 1. The van der Waals surface area contributed by atoms with Crippen LogP contribution in [0.4, 0.5) is 11.6 Å². The van der Waals surface area contributed by atoms with E-state index in [1.165, 1.54) is 11.1 Å². The summed E-state index contributed by atoms with van der Waals surface area (Å²) < 4.78 is 0. The largest absolute Gasteiger partial charge is 0.367 e. The molecule has 0 saturated heterocycles. The predicted octanol–water partition coefficient (Wildman–Crippen LogP) is 5.40. The first kappa shape index (κ1) is 20.6. The van der Waals surface area contributed by atoms with Crippen molar-refractivity contribution in [3.05, 3.63) is 71.0 Å². The predicted molar refractivity (Wildman–Crippen MR) is 125 cm³/mol. The number of hydrogen-bond acceptors (Lipinski definition) is 5. The zero-order valence-corrected chi connectivity index (χ0v) is 18.0. The lowest BCUT2D eigenvalue weighted by atomic mass is 9.92. The van der Waals surface area contributed by atoms with E-state index in [0.29, 0.717) is 17.1 Å². The first-order chi connectivity index (χ1) is 14.6. The zero-order valence-electron chi connectivity index (χ0n) is 17.2. The van der Waals surface area contributed by atoms with Crippen molar-refractivity contribution in [1.82, 2.24) is 9.97 Å². The molecular formula is C24H28ClN5. The molecule has 1 fully saturated rings. The van der Waals surface area contributed by atoms with Gasteiger partial charge in [0.25, 0.3) is 0 Å². The molecule has 2 heterocycles. The van der Waals surface area contributed by atoms with E-state index in [1.807, 2.05) is 18.2 Å². The maximum absolute atomic E-state index is 6.49. The highest BCUT2D eigenvalue weighted by atomic mass is 35.5. The number of nitrogens with two attached hydrogens (primary N) is 1. The molecule has 0 atom stereocenters. The SMILES string of the molecule is Cc1cccc(CNc2cc(-c3cc(NC4CCC(N)CC4)ncc3Cl)ccn2)c1. The zero-order chi connectivity index (χ0) is 20.9. The Labute approximate surface area is 183 Å². The molecule has 156 valence electrons. The number of nitrogens with one attached hydrogen (secondary N) is 2. The molecule has 5 nitrogen and oxygen atoms in total. The molecule has 0 amide bonds. The molecular weight excluding hydrogens is 394 g/mol. The summed E-state index contributed by atoms with van der Waals surface area (Å²) in [5.74, 6) is 1.67. The number of rotatable bonds is 6. The van der Waals surface area contributed by atoms with E-state index in [0.717, 1.165) is 55.0 Å². The number of aromatic nitrogens is 2. The topological polar surface area (TPSA) is 75.9 Å². The summed E-state index contributed by atoms with van der Waals surface area (Å²) in [7, 11) is 0. The molecule has 4 N–H and O–H groups in total. The van der Waals surface area contributed by atoms with Crippen molar-refractivity contribution in [2.45, 2.75) is 51.2 Å². The Kier molecular flexibility index (Phi) is 6.50. The van der Waals surface area contributed by atoms with Crippen molar-refractivity contribution in [3.63, 3.8) is 0 Å². The molecule has 0 aliphatic heterocycles. The van der Waals surface area contributed by atoms with Gasteiger partial charge in [-0.1, -0.05) is 41.4 Å². The Morgan fingerprint density at radius 2 is 1.87 bits per heavy atom. The third-order valence-electron chi connectivity index (χ3n) is 5.61. The van der Waals surface area contributed by atoms with Gasteiger partial charge < -0.3 is 16.4 Å². The summed E-state index contributed by atoms with van der Waals surface area (Å²) in [5, 5.41) is 7.58. The first-order valence-corrected chi connectivity index (χ1v) is 10.9. The molecule has 0 bridgehead atoms. The summed E-state index contributed by atoms with van der Waals surface area (Å²) in [6.45, 7) is 2.82. The number of benzene rings is 1. The number of hydrogen-bond donors (Lipinski definition) is 3. The van der Waals surface area contributed by atoms with E-state index in [4.69, 9.17) is 17.3 Å². The highest BCUT2D eigenvalue weighted by Gasteiger charge is 2.19. The van der Waals surface area contributed by atoms with Gasteiger partial charge in [-0.2, -0.15) is 0 Å². The molecule has 0 spiro atoms. The highest BCUT2D eigenvalue weighted by molar-refractivity contribution is 6.33. The van der Waals surface area contributed by atoms with E-state index < -0.39 is 0 Å². The number of anilines is 2. The normalized spacial score (nSPS) is 18.8. The van der Waals surface area contributed by atoms with Crippen LogP contribution in [-0.2, 0) is 6.54 Å². The smallest absolute Gasteiger partial charge is 0.126 e. The standard InChI is InChI=1S/C24H28ClN5/c1-16-3-2-4-17(11-16)14-28-23-12-18(9-10-27-23)21-13-24(29-15-22(21)25)30-20-7-5-19(26)6-8-20/h2-4,9-13,15,19-20H,5-8,14,26H2,1H3,(H,27,28)(H,29,30). The maximum Gasteiger partial charge on any atom is 0.126 e. The fourth-order valence-corrected chi connectivity index (χ4v) is 4.13. The van der Waals surface area contributed by atoms with Gasteiger partial charge in [0.05, 0.1) is 5.02 Å². The lowest BCUT2D eigenvalue weighted by Gasteiger charge is -2.27. The van der Waals surface area contributed by atoms with Crippen LogP contribution in [0, 0.1) is 6.92 Å². The molecule has 4 rings (SSSR count). The highest BCUT2D eigenvalue weighted by Crippen LogP contribution is 2.31. The molecule has 2 aromatic heterocycles. The molecule has 1 saturated carbocycles. The first-order valence-electron chi connectivity index (χ1n) is 10.5. The second-order valence-electron chi connectivity index (χ2n) is 8.08. The van der Waals surface area contributed by atoms with E-state index in [-0.39, 0.29) is 0 Å². The minimum atomic E-state index is 0.333. The fraction of sp³-hybridized carbons (Fsp3) is 0.333. The van der Waals surface area contributed by atoms with E-state index in [1.54, 1.807) is 12.4 Å². The van der Waals surface area contributed by atoms with Crippen molar-refractivity contribution >= 4 is 23.2 Å². The lowest BCUT2D eigenvalue weighted by Crippen LogP contribution is -2.33. The number of nitrogens with zero attached hydrogens (tertiary/aromatic N) is 2. The number of pyridine rings is 2.